The van der Waals surface area contributed by atoms with E-state index in [9.17, 15) is 13.2 Å². The minimum atomic E-state index is -2.97. The zero-order valence-corrected chi connectivity index (χ0v) is 11.2. The van der Waals surface area contributed by atoms with Crippen molar-refractivity contribution in [2.45, 2.75) is 12.5 Å². The zero-order chi connectivity index (χ0) is 12.9. The average molecular weight is 263 g/mol. The average Bonchev–Trinajstić information content (AvgIpc) is 2.24. The third-order valence-corrected chi connectivity index (χ3v) is 4.58. The van der Waals surface area contributed by atoms with Crippen molar-refractivity contribution in [2.24, 2.45) is 0 Å². The number of nitrogens with one attached hydrogen (secondary N) is 2. The highest BCUT2D eigenvalue weighted by atomic mass is 32.2. The lowest BCUT2D eigenvalue weighted by Crippen LogP contribution is -2.47. The van der Waals surface area contributed by atoms with Crippen LogP contribution in [0.15, 0.2) is 0 Å². The van der Waals surface area contributed by atoms with Gasteiger partial charge in [-0.15, -0.1) is 0 Å². The van der Waals surface area contributed by atoms with Gasteiger partial charge in [-0.3, -0.25) is 4.79 Å². The molecular weight excluding hydrogens is 242 g/mol. The number of sulfone groups is 1. The van der Waals surface area contributed by atoms with E-state index in [1.807, 2.05) is 7.05 Å². The second-order valence-electron chi connectivity index (χ2n) is 4.39. The summed E-state index contributed by atoms with van der Waals surface area (Å²) in [6, 6.07) is -0.238. The molecule has 7 heteroatoms. The maximum absolute atomic E-state index is 11.8. The summed E-state index contributed by atoms with van der Waals surface area (Å²) < 4.78 is 22.8. The van der Waals surface area contributed by atoms with E-state index in [2.05, 4.69) is 10.6 Å². The number of hydrogen-bond acceptors (Lipinski definition) is 5. The monoisotopic (exact) mass is 263 g/mol. The number of amides is 1. The first-order valence-corrected chi connectivity index (χ1v) is 7.59. The third kappa shape index (κ3) is 5.01. The van der Waals surface area contributed by atoms with Crippen LogP contribution in [-0.2, 0) is 14.6 Å². The lowest BCUT2D eigenvalue weighted by molar-refractivity contribution is -0.130. The molecule has 1 amide bonds. The van der Waals surface area contributed by atoms with E-state index >= 15 is 0 Å². The molecule has 0 saturated carbocycles. The lowest BCUT2D eigenvalue weighted by atomic mass is 10.2. The van der Waals surface area contributed by atoms with Crippen molar-refractivity contribution in [2.75, 3.05) is 45.2 Å². The molecule has 1 atom stereocenters. The standard InChI is InChI=1S/C10H21N3O3S/c1-11-3-5-13(2)10(14)7-9-8-17(15,16)6-4-12-9/h9,11-12H,3-8H2,1-2H3. The van der Waals surface area contributed by atoms with Gasteiger partial charge in [-0.25, -0.2) is 8.42 Å². The Bertz CT molecular complexity index is 356. The van der Waals surface area contributed by atoms with Gasteiger partial charge in [-0.05, 0) is 7.05 Å². The molecule has 6 nitrogen and oxygen atoms in total. The van der Waals surface area contributed by atoms with Crippen LogP contribution in [0.2, 0.25) is 0 Å². The molecule has 1 fully saturated rings. The summed E-state index contributed by atoms with van der Waals surface area (Å²) in [5.74, 6) is 0.223. The van der Waals surface area contributed by atoms with E-state index in [1.165, 1.54) is 0 Å². The van der Waals surface area contributed by atoms with Gasteiger partial charge in [0.1, 0.15) is 0 Å². The molecule has 17 heavy (non-hydrogen) atoms. The molecule has 0 aromatic rings. The minimum Gasteiger partial charge on any atom is -0.344 e. The molecule has 0 radical (unpaired) electrons. The molecule has 0 aliphatic carbocycles. The van der Waals surface area contributed by atoms with Gasteiger partial charge < -0.3 is 15.5 Å². The third-order valence-electron chi connectivity index (χ3n) is 2.85. The predicted molar refractivity (Wildman–Crippen MR) is 66.6 cm³/mol. The van der Waals surface area contributed by atoms with Crippen LogP contribution in [0.5, 0.6) is 0 Å². The molecule has 1 saturated heterocycles. The van der Waals surface area contributed by atoms with E-state index in [0.29, 0.717) is 13.1 Å². The van der Waals surface area contributed by atoms with Gasteiger partial charge in [0.15, 0.2) is 9.84 Å². The molecule has 1 heterocycles. The highest BCUT2D eigenvalue weighted by Gasteiger charge is 2.26. The lowest BCUT2D eigenvalue weighted by Gasteiger charge is -2.25. The highest BCUT2D eigenvalue weighted by Crippen LogP contribution is 2.06. The summed E-state index contributed by atoms with van der Waals surface area (Å²) >= 11 is 0. The van der Waals surface area contributed by atoms with E-state index < -0.39 is 9.84 Å². The molecule has 1 rings (SSSR count). The second kappa shape index (κ2) is 6.32. The Hall–Kier alpha value is -0.660. The molecule has 2 N–H and O–H groups in total. The Kier molecular flexibility index (Phi) is 5.35. The number of hydrogen-bond donors (Lipinski definition) is 2. The Morgan fingerprint density at radius 1 is 1.53 bits per heavy atom. The van der Waals surface area contributed by atoms with Crippen LogP contribution in [0.4, 0.5) is 0 Å². The quantitative estimate of drug-likeness (QED) is 0.627. The van der Waals surface area contributed by atoms with Crippen molar-refractivity contribution >= 4 is 15.7 Å². The number of carbonyl (C=O) groups is 1. The first kappa shape index (κ1) is 14.4. The number of nitrogens with zero attached hydrogens (tertiary/aromatic N) is 1. The normalized spacial score (nSPS) is 23.3. The maximum atomic E-state index is 11.8. The van der Waals surface area contributed by atoms with Crippen LogP contribution >= 0.6 is 0 Å². The number of rotatable bonds is 5. The highest BCUT2D eigenvalue weighted by molar-refractivity contribution is 7.91. The van der Waals surface area contributed by atoms with Crippen LogP contribution in [0.3, 0.4) is 0 Å². The number of carbonyl (C=O) groups excluding carboxylic acids is 1. The fourth-order valence-corrected chi connectivity index (χ4v) is 3.21. The van der Waals surface area contributed by atoms with Crippen molar-refractivity contribution in [3.05, 3.63) is 0 Å². The van der Waals surface area contributed by atoms with E-state index in [4.69, 9.17) is 0 Å². The Morgan fingerprint density at radius 3 is 2.82 bits per heavy atom. The molecular formula is C10H21N3O3S. The van der Waals surface area contributed by atoms with Gasteiger partial charge in [0.2, 0.25) is 5.91 Å². The summed E-state index contributed by atoms with van der Waals surface area (Å²) in [6.45, 7) is 1.81. The molecule has 0 aromatic heterocycles. The minimum absolute atomic E-state index is 0.0187. The van der Waals surface area contributed by atoms with Crippen LogP contribution in [0.25, 0.3) is 0 Å². The first-order valence-electron chi connectivity index (χ1n) is 5.77. The van der Waals surface area contributed by atoms with Gasteiger partial charge in [-0.2, -0.15) is 0 Å². The molecule has 0 spiro atoms. The summed E-state index contributed by atoms with van der Waals surface area (Å²) in [5.41, 5.74) is 0. The summed E-state index contributed by atoms with van der Waals surface area (Å²) in [6.07, 6.45) is 0.249. The van der Waals surface area contributed by atoms with Crippen LogP contribution in [-0.4, -0.2) is 70.5 Å². The van der Waals surface area contributed by atoms with Gasteiger partial charge in [0, 0.05) is 39.1 Å². The van der Waals surface area contributed by atoms with Crippen LogP contribution in [0.1, 0.15) is 6.42 Å². The van der Waals surface area contributed by atoms with Crippen molar-refractivity contribution < 1.29 is 13.2 Å². The smallest absolute Gasteiger partial charge is 0.223 e. The summed E-state index contributed by atoms with van der Waals surface area (Å²) in [4.78, 5) is 13.4. The van der Waals surface area contributed by atoms with Gasteiger partial charge >= 0.3 is 0 Å². The van der Waals surface area contributed by atoms with Gasteiger partial charge in [0.05, 0.1) is 11.5 Å². The van der Waals surface area contributed by atoms with Gasteiger partial charge in [0.25, 0.3) is 0 Å². The van der Waals surface area contributed by atoms with Crippen LogP contribution < -0.4 is 10.6 Å². The van der Waals surface area contributed by atoms with Crippen molar-refractivity contribution in [3.63, 3.8) is 0 Å². The molecule has 1 unspecified atom stereocenters. The van der Waals surface area contributed by atoms with Crippen molar-refractivity contribution in [3.8, 4) is 0 Å². The van der Waals surface area contributed by atoms with E-state index in [0.717, 1.165) is 6.54 Å². The molecule has 1 aliphatic rings. The molecule has 0 bridgehead atoms. The first-order chi connectivity index (χ1) is 7.94. The van der Waals surface area contributed by atoms with E-state index in [-0.39, 0.29) is 29.9 Å². The van der Waals surface area contributed by atoms with Crippen molar-refractivity contribution in [1.29, 1.82) is 0 Å². The van der Waals surface area contributed by atoms with Crippen LogP contribution in [0, 0.1) is 0 Å². The molecule has 100 valence electrons. The topological polar surface area (TPSA) is 78.5 Å². The largest absolute Gasteiger partial charge is 0.344 e. The van der Waals surface area contributed by atoms with Crippen molar-refractivity contribution in [1.82, 2.24) is 15.5 Å². The maximum Gasteiger partial charge on any atom is 0.223 e. The Balaban J connectivity index is 2.40. The Labute approximate surface area is 103 Å². The summed E-state index contributed by atoms with van der Waals surface area (Å²) in [7, 11) is 0.594. The number of likely N-dealkylation sites (N-methyl/N-ethyl adjacent to an activating group) is 2. The fourth-order valence-electron chi connectivity index (χ4n) is 1.77. The fraction of sp³-hybridized carbons (Fsp3) is 0.900. The SMILES string of the molecule is CNCCN(C)C(=O)CC1CS(=O)(=O)CCN1. The van der Waals surface area contributed by atoms with Gasteiger partial charge in [-0.1, -0.05) is 0 Å². The second-order valence-corrected chi connectivity index (χ2v) is 6.62. The summed E-state index contributed by atoms with van der Waals surface area (Å²) in [5, 5.41) is 6.04. The Morgan fingerprint density at radius 2 is 2.24 bits per heavy atom. The predicted octanol–water partition coefficient (Wildman–Crippen LogP) is -1.56. The zero-order valence-electron chi connectivity index (χ0n) is 10.4. The van der Waals surface area contributed by atoms with E-state index in [1.54, 1.807) is 11.9 Å². The molecule has 1 aliphatic heterocycles. The molecule has 0 aromatic carbocycles.